The fourth-order valence-corrected chi connectivity index (χ4v) is 2.23. The van der Waals surface area contributed by atoms with Crippen LogP contribution in [0.4, 0.5) is 0 Å². The van der Waals surface area contributed by atoms with Crippen LogP contribution in [0.15, 0.2) is 22.7 Å². The smallest absolute Gasteiger partial charge is 0.339 e. The normalized spacial score (nSPS) is 19.3. The van der Waals surface area contributed by atoms with Gasteiger partial charge in [-0.25, -0.2) is 4.79 Å². The third-order valence-corrected chi connectivity index (χ3v) is 3.40. The van der Waals surface area contributed by atoms with Crippen molar-refractivity contribution in [3.63, 3.8) is 0 Å². The number of rotatable bonds is 3. The largest absolute Gasteiger partial charge is 0.459 e. The van der Waals surface area contributed by atoms with Crippen molar-refractivity contribution < 1.29 is 14.3 Å². The molecule has 0 saturated carbocycles. The molecule has 1 aliphatic rings. The molecule has 0 aliphatic carbocycles. The highest BCUT2D eigenvalue weighted by atomic mass is 79.9. The van der Waals surface area contributed by atoms with Gasteiger partial charge in [-0.15, -0.1) is 0 Å². The second-order valence-electron chi connectivity index (χ2n) is 3.86. The average Bonchev–Trinajstić information content (AvgIpc) is 2.82. The van der Waals surface area contributed by atoms with Crippen molar-refractivity contribution in [2.45, 2.75) is 18.9 Å². The van der Waals surface area contributed by atoms with Gasteiger partial charge in [0.15, 0.2) is 0 Å². The van der Waals surface area contributed by atoms with Crippen LogP contribution in [0.5, 0.6) is 0 Å². The van der Waals surface area contributed by atoms with E-state index in [2.05, 4.69) is 15.9 Å². The zero-order valence-corrected chi connectivity index (χ0v) is 11.5. The Bertz CT molecular complexity index is 416. The molecule has 1 unspecified atom stereocenters. The maximum absolute atomic E-state index is 11.8. The zero-order chi connectivity index (χ0) is 12.3. The van der Waals surface area contributed by atoms with Crippen LogP contribution < -0.4 is 0 Å². The van der Waals surface area contributed by atoms with Crippen molar-refractivity contribution in [1.82, 2.24) is 0 Å². The summed E-state index contributed by atoms with van der Waals surface area (Å²) in [5.74, 6) is -0.410. The molecule has 1 saturated heterocycles. The zero-order valence-electron chi connectivity index (χ0n) is 9.12. The lowest BCUT2D eigenvalue weighted by Gasteiger charge is -2.10. The molecule has 1 aromatic carbocycles. The van der Waals surface area contributed by atoms with Crippen LogP contribution in [-0.2, 0) is 9.47 Å². The van der Waals surface area contributed by atoms with Crippen molar-refractivity contribution >= 4 is 33.5 Å². The second kappa shape index (κ2) is 5.85. The Kier molecular flexibility index (Phi) is 4.42. The maximum Gasteiger partial charge on any atom is 0.339 e. The van der Waals surface area contributed by atoms with Gasteiger partial charge in [-0.3, -0.25) is 0 Å². The predicted molar refractivity (Wildman–Crippen MR) is 68.4 cm³/mol. The Morgan fingerprint density at radius 2 is 2.41 bits per heavy atom. The van der Waals surface area contributed by atoms with E-state index >= 15 is 0 Å². The molecule has 0 aromatic heterocycles. The summed E-state index contributed by atoms with van der Waals surface area (Å²) in [4.78, 5) is 11.8. The Labute approximate surface area is 113 Å². The van der Waals surface area contributed by atoms with Crippen molar-refractivity contribution in [2.24, 2.45) is 0 Å². The minimum Gasteiger partial charge on any atom is -0.459 e. The summed E-state index contributed by atoms with van der Waals surface area (Å²) in [6.07, 6.45) is 2.00. The molecule has 1 fully saturated rings. The highest BCUT2D eigenvalue weighted by Crippen LogP contribution is 2.22. The number of halogens is 2. The van der Waals surface area contributed by atoms with Crippen molar-refractivity contribution in [3.8, 4) is 0 Å². The Morgan fingerprint density at radius 1 is 1.59 bits per heavy atom. The number of esters is 1. The second-order valence-corrected chi connectivity index (χ2v) is 5.18. The van der Waals surface area contributed by atoms with E-state index in [4.69, 9.17) is 21.1 Å². The van der Waals surface area contributed by atoms with Gasteiger partial charge in [-0.05, 0) is 31.0 Å². The van der Waals surface area contributed by atoms with E-state index in [1.807, 2.05) is 0 Å². The summed E-state index contributed by atoms with van der Waals surface area (Å²) in [6, 6.07) is 5.09. The van der Waals surface area contributed by atoms with E-state index in [0.717, 1.165) is 23.9 Å². The van der Waals surface area contributed by atoms with Crippen LogP contribution >= 0.6 is 27.5 Å². The standard InChI is InChI=1S/C12H12BrClO3/c13-8-3-4-11(14)10(6-8)12(15)17-7-9-2-1-5-16-9/h3-4,6,9H,1-2,5,7H2. The van der Waals surface area contributed by atoms with Crippen LogP contribution in [0.2, 0.25) is 5.02 Å². The third-order valence-electron chi connectivity index (χ3n) is 2.57. The van der Waals surface area contributed by atoms with Crippen LogP contribution in [0, 0.1) is 0 Å². The van der Waals surface area contributed by atoms with Gasteiger partial charge in [-0.1, -0.05) is 27.5 Å². The van der Waals surface area contributed by atoms with Crippen LogP contribution in [0.1, 0.15) is 23.2 Å². The molecular formula is C12H12BrClO3. The van der Waals surface area contributed by atoms with Crippen molar-refractivity contribution in [3.05, 3.63) is 33.3 Å². The van der Waals surface area contributed by atoms with E-state index in [-0.39, 0.29) is 6.10 Å². The molecule has 92 valence electrons. The number of hydrogen-bond donors (Lipinski definition) is 0. The lowest BCUT2D eigenvalue weighted by Crippen LogP contribution is -2.18. The molecule has 0 spiro atoms. The average molecular weight is 320 g/mol. The lowest BCUT2D eigenvalue weighted by molar-refractivity contribution is 0.0161. The molecule has 1 heterocycles. The fraction of sp³-hybridized carbons (Fsp3) is 0.417. The first kappa shape index (κ1) is 12.9. The summed E-state index contributed by atoms with van der Waals surface area (Å²) >= 11 is 9.22. The Morgan fingerprint density at radius 3 is 3.12 bits per heavy atom. The van der Waals surface area contributed by atoms with Gasteiger partial charge in [0, 0.05) is 11.1 Å². The molecule has 3 nitrogen and oxygen atoms in total. The highest BCUT2D eigenvalue weighted by molar-refractivity contribution is 9.10. The molecule has 0 bridgehead atoms. The molecule has 5 heteroatoms. The summed E-state index contributed by atoms with van der Waals surface area (Å²) < 4.78 is 11.3. The van der Waals surface area contributed by atoms with E-state index in [9.17, 15) is 4.79 Å². The number of carbonyl (C=O) groups is 1. The Hall–Kier alpha value is -0.580. The summed E-state index contributed by atoms with van der Waals surface area (Å²) in [5.41, 5.74) is 0.374. The SMILES string of the molecule is O=C(OCC1CCCO1)c1cc(Br)ccc1Cl. The fourth-order valence-electron chi connectivity index (χ4n) is 1.68. The van der Waals surface area contributed by atoms with Gasteiger partial charge in [-0.2, -0.15) is 0 Å². The minimum absolute atomic E-state index is 0.0323. The number of ether oxygens (including phenoxy) is 2. The quantitative estimate of drug-likeness (QED) is 0.801. The van der Waals surface area contributed by atoms with E-state index in [0.29, 0.717) is 17.2 Å². The first-order chi connectivity index (χ1) is 8.16. The van der Waals surface area contributed by atoms with Crippen LogP contribution in [0.25, 0.3) is 0 Å². The first-order valence-corrected chi connectivity index (χ1v) is 6.57. The Balaban J connectivity index is 1.96. The van der Waals surface area contributed by atoms with E-state index < -0.39 is 5.97 Å². The number of carbonyl (C=O) groups excluding carboxylic acids is 1. The molecule has 1 aromatic rings. The topological polar surface area (TPSA) is 35.5 Å². The van der Waals surface area contributed by atoms with Gasteiger partial charge >= 0.3 is 5.97 Å². The number of hydrogen-bond acceptors (Lipinski definition) is 3. The third kappa shape index (κ3) is 3.44. The predicted octanol–water partition coefficient (Wildman–Crippen LogP) is 3.44. The van der Waals surface area contributed by atoms with Crippen molar-refractivity contribution in [1.29, 1.82) is 0 Å². The first-order valence-electron chi connectivity index (χ1n) is 5.40. The maximum atomic E-state index is 11.8. The van der Waals surface area contributed by atoms with Crippen LogP contribution in [-0.4, -0.2) is 25.3 Å². The molecule has 0 radical (unpaired) electrons. The monoisotopic (exact) mass is 318 g/mol. The molecular weight excluding hydrogens is 307 g/mol. The number of benzene rings is 1. The molecule has 17 heavy (non-hydrogen) atoms. The molecule has 0 amide bonds. The van der Waals surface area contributed by atoms with E-state index in [1.54, 1.807) is 18.2 Å². The summed E-state index contributed by atoms with van der Waals surface area (Å²) in [7, 11) is 0. The molecule has 2 rings (SSSR count). The molecule has 0 N–H and O–H groups in total. The minimum atomic E-state index is -0.410. The van der Waals surface area contributed by atoms with Gasteiger partial charge in [0.05, 0.1) is 16.7 Å². The summed E-state index contributed by atoms with van der Waals surface area (Å²) in [6.45, 7) is 1.04. The van der Waals surface area contributed by atoms with Gasteiger partial charge in [0.2, 0.25) is 0 Å². The molecule has 1 aliphatic heterocycles. The highest BCUT2D eigenvalue weighted by Gasteiger charge is 2.19. The van der Waals surface area contributed by atoms with Gasteiger partial charge in [0.25, 0.3) is 0 Å². The lowest BCUT2D eigenvalue weighted by atomic mass is 10.2. The summed E-state index contributed by atoms with van der Waals surface area (Å²) in [5, 5.41) is 0.394. The van der Waals surface area contributed by atoms with Crippen molar-refractivity contribution in [2.75, 3.05) is 13.2 Å². The van der Waals surface area contributed by atoms with E-state index in [1.165, 1.54) is 0 Å². The van der Waals surface area contributed by atoms with Gasteiger partial charge in [0.1, 0.15) is 6.61 Å². The molecule has 1 atom stereocenters. The van der Waals surface area contributed by atoms with Gasteiger partial charge < -0.3 is 9.47 Å². The van der Waals surface area contributed by atoms with Crippen LogP contribution in [0.3, 0.4) is 0 Å².